The van der Waals surface area contributed by atoms with Crippen molar-refractivity contribution < 1.29 is 5.11 Å². The van der Waals surface area contributed by atoms with Gasteiger partial charge in [0.15, 0.2) is 0 Å². The van der Waals surface area contributed by atoms with E-state index in [1.54, 1.807) is 0 Å². The molecule has 1 saturated heterocycles. The summed E-state index contributed by atoms with van der Waals surface area (Å²) < 4.78 is 0. The molecule has 1 rings (SSSR count). The van der Waals surface area contributed by atoms with Crippen molar-refractivity contribution in [3.8, 4) is 0 Å². The first-order valence-electron chi connectivity index (χ1n) is 5.44. The topological polar surface area (TPSA) is 23.5 Å². The van der Waals surface area contributed by atoms with Crippen molar-refractivity contribution in [2.75, 3.05) is 19.6 Å². The van der Waals surface area contributed by atoms with Crippen LogP contribution in [0.5, 0.6) is 0 Å². The van der Waals surface area contributed by atoms with E-state index in [1.807, 2.05) is 6.92 Å². The number of β-amino-alcohol motifs (C(OH)–C–C–N with tert-alkyl or cyclic N) is 1. The van der Waals surface area contributed by atoms with Gasteiger partial charge in [-0.3, -0.25) is 0 Å². The summed E-state index contributed by atoms with van der Waals surface area (Å²) in [6.45, 7) is 9.50. The molecular formula is C11H23NO. The van der Waals surface area contributed by atoms with Crippen LogP contribution in [0.1, 0.15) is 40.0 Å². The fourth-order valence-corrected chi connectivity index (χ4v) is 2.37. The van der Waals surface area contributed by atoms with Crippen molar-refractivity contribution in [3.05, 3.63) is 0 Å². The van der Waals surface area contributed by atoms with Gasteiger partial charge in [0, 0.05) is 6.54 Å². The van der Waals surface area contributed by atoms with Crippen LogP contribution >= 0.6 is 0 Å². The van der Waals surface area contributed by atoms with E-state index >= 15 is 0 Å². The van der Waals surface area contributed by atoms with Crippen molar-refractivity contribution in [3.63, 3.8) is 0 Å². The Kier molecular flexibility index (Phi) is 3.74. The Morgan fingerprint density at radius 1 is 1.31 bits per heavy atom. The van der Waals surface area contributed by atoms with Crippen molar-refractivity contribution in [1.29, 1.82) is 0 Å². The van der Waals surface area contributed by atoms with Gasteiger partial charge in [0.25, 0.3) is 0 Å². The van der Waals surface area contributed by atoms with Crippen molar-refractivity contribution in [2.24, 2.45) is 5.92 Å². The standard InChI is InChI=1S/C11H23NO/c1-10(2)8-11(3,13)9-12-6-4-5-7-12/h10,13H,4-9H2,1-3H3. The van der Waals surface area contributed by atoms with Crippen LogP contribution in [-0.2, 0) is 0 Å². The molecule has 0 saturated carbocycles. The Labute approximate surface area is 81.9 Å². The highest BCUT2D eigenvalue weighted by atomic mass is 16.3. The first kappa shape index (κ1) is 11.0. The van der Waals surface area contributed by atoms with E-state index in [1.165, 1.54) is 25.9 Å². The Morgan fingerprint density at radius 2 is 1.85 bits per heavy atom. The van der Waals surface area contributed by atoms with E-state index in [-0.39, 0.29) is 0 Å². The predicted octanol–water partition coefficient (Wildman–Crippen LogP) is 1.88. The summed E-state index contributed by atoms with van der Waals surface area (Å²) in [5.41, 5.74) is -0.488. The molecule has 1 atom stereocenters. The number of nitrogens with zero attached hydrogens (tertiary/aromatic N) is 1. The van der Waals surface area contributed by atoms with Gasteiger partial charge < -0.3 is 10.0 Å². The molecule has 0 spiro atoms. The van der Waals surface area contributed by atoms with Crippen LogP contribution in [-0.4, -0.2) is 35.2 Å². The first-order chi connectivity index (χ1) is 5.99. The summed E-state index contributed by atoms with van der Waals surface area (Å²) in [5.74, 6) is 0.581. The number of hydrogen-bond donors (Lipinski definition) is 1. The third-order valence-corrected chi connectivity index (χ3v) is 2.61. The molecule has 0 amide bonds. The molecule has 1 heterocycles. The fraction of sp³-hybridized carbons (Fsp3) is 1.00. The van der Waals surface area contributed by atoms with E-state index in [0.717, 1.165) is 13.0 Å². The van der Waals surface area contributed by atoms with Crippen LogP contribution in [0.3, 0.4) is 0 Å². The maximum atomic E-state index is 10.1. The van der Waals surface area contributed by atoms with Gasteiger partial charge in [0.1, 0.15) is 0 Å². The minimum atomic E-state index is -0.488. The van der Waals surface area contributed by atoms with Crippen molar-refractivity contribution in [2.45, 2.75) is 45.6 Å². The highest BCUT2D eigenvalue weighted by Gasteiger charge is 2.26. The lowest BCUT2D eigenvalue weighted by molar-refractivity contribution is 0.00856. The third-order valence-electron chi connectivity index (χ3n) is 2.61. The molecule has 0 bridgehead atoms. The smallest absolute Gasteiger partial charge is 0.0748 e. The average molecular weight is 185 g/mol. The minimum absolute atomic E-state index is 0.488. The van der Waals surface area contributed by atoms with Gasteiger partial charge in [0.2, 0.25) is 0 Å². The van der Waals surface area contributed by atoms with Crippen LogP contribution in [0.2, 0.25) is 0 Å². The molecule has 1 aliphatic heterocycles. The van der Waals surface area contributed by atoms with Crippen LogP contribution in [0.4, 0.5) is 0 Å². The first-order valence-corrected chi connectivity index (χ1v) is 5.44. The molecule has 2 heteroatoms. The summed E-state index contributed by atoms with van der Waals surface area (Å²) in [6, 6.07) is 0. The molecule has 0 aromatic heterocycles. The molecule has 0 aliphatic carbocycles. The Hall–Kier alpha value is -0.0800. The van der Waals surface area contributed by atoms with Gasteiger partial charge in [-0.25, -0.2) is 0 Å². The molecule has 13 heavy (non-hydrogen) atoms. The van der Waals surface area contributed by atoms with Gasteiger partial charge in [0.05, 0.1) is 5.60 Å². The summed E-state index contributed by atoms with van der Waals surface area (Å²) in [4.78, 5) is 2.38. The second-order valence-corrected chi connectivity index (χ2v) is 5.08. The molecule has 78 valence electrons. The molecule has 0 aromatic carbocycles. The number of hydrogen-bond acceptors (Lipinski definition) is 2. The summed E-state index contributed by atoms with van der Waals surface area (Å²) >= 11 is 0. The van der Waals surface area contributed by atoms with Crippen LogP contribution in [0.25, 0.3) is 0 Å². The maximum Gasteiger partial charge on any atom is 0.0748 e. The molecule has 1 fully saturated rings. The van der Waals surface area contributed by atoms with Crippen LogP contribution < -0.4 is 0 Å². The summed E-state index contributed by atoms with van der Waals surface area (Å²) in [5, 5.41) is 10.1. The molecule has 0 radical (unpaired) electrons. The minimum Gasteiger partial charge on any atom is -0.389 e. The van der Waals surface area contributed by atoms with Crippen molar-refractivity contribution >= 4 is 0 Å². The average Bonchev–Trinajstić information content (AvgIpc) is 2.34. The van der Waals surface area contributed by atoms with E-state index < -0.39 is 5.60 Å². The molecule has 1 N–H and O–H groups in total. The highest BCUT2D eigenvalue weighted by molar-refractivity contribution is 4.80. The Bertz CT molecular complexity index is 148. The van der Waals surface area contributed by atoms with Gasteiger partial charge >= 0.3 is 0 Å². The Morgan fingerprint density at radius 3 is 2.31 bits per heavy atom. The van der Waals surface area contributed by atoms with Gasteiger partial charge in [-0.05, 0) is 45.2 Å². The lowest BCUT2D eigenvalue weighted by Gasteiger charge is -2.30. The normalized spacial score (nSPS) is 23.8. The zero-order chi connectivity index (χ0) is 9.90. The predicted molar refractivity (Wildman–Crippen MR) is 55.8 cm³/mol. The molecule has 1 unspecified atom stereocenters. The summed E-state index contributed by atoms with van der Waals surface area (Å²) in [7, 11) is 0. The Balaban J connectivity index is 2.31. The second kappa shape index (κ2) is 4.43. The monoisotopic (exact) mass is 185 g/mol. The zero-order valence-corrected chi connectivity index (χ0v) is 9.21. The lowest BCUT2D eigenvalue weighted by atomic mass is 9.94. The second-order valence-electron chi connectivity index (χ2n) is 5.08. The third kappa shape index (κ3) is 4.10. The molecular weight excluding hydrogens is 162 g/mol. The zero-order valence-electron chi connectivity index (χ0n) is 9.21. The van der Waals surface area contributed by atoms with E-state index in [4.69, 9.17) is 0 Å². The van der Waals surface area contributed by atoms with Gasteiger partial charge in [-0.15, -0.1) is 0 Å². The van der Waals surface area contributed by atoms with Crippen LogP contribution in [0, 0.1) is 5.92 Å². The van der Waals surface area contributed by atoms with Gasteiger partial charge in [-0.2, -0.15) is 0 Å². The molecule has 2 nitrogen and oxygen atoms in total. The maximum absolute atomic E-state index is 10.1. The number of rotatable bonds is 4. The lowest BCUT2D eigenvalue weighted by Crippen LogP contribution is -2.40. The summed E-state index contributed by atoms with van der Waals surface area (Å²) in [6.07, 6.45) is 3.51. The largest absolute Gasteiger partial charge is 0.389 e. The van der Waals surface area contributed by atoms with Gasteiger partial charge in [-0.1, -0.05) is 13.8 Å². The quantitative estimate of drug-likeness (QED) is 0.723. The molecule has 1 aliphatic rings. The van der Waals surface area contributed by atoms with E-state index in [0.29, 0.717) is 5.92 Å². The van der Waals surface area contributed by atoms with E-state index in [9.17, 15) is 5.11 Å². The van der Waals surface area contributed by atoms with Crippen molar-refractivity contribution in [1.82, 2.24) is 4.90 Å². The van der Waals surface area contributed by atoms with Crippen LogP contribution in [0.15, 0.2) is 0 Å². The van der Waals surface area contributed by atoms with E-state index in [2.05, 4.69) is 18.7 Å². The number of aliphatic hydroxyl groups is 1. The SMILES string of the molecule is CC(C)CC(C)(O)CN1CCCC1. The fourth-order valence-electron chi connectivity index (χ4n) is 2.37. The number of likely N-dealkylation sites (tertiary alicyclic amines) is 1. The molecule has 0 aromatic rings. The highest BCUT2D eigenvalue weighted by Crippen LogP contribution is 2.19.